The van der Waals surface area contributed by atoms with Gasteiger partial charge in [0, 0.05) is 25.0 Å². The molecule has 0 aromatic heterocycles. The van der Waals surface area contributed by atoms with Crippen LogP contribution >= 0.6 is 0 Å². The Balaban J connectivity index is 1.66. The van der Waals surface area contributed by atoms with Crippen LogP contribution in [0.2, 0.25) is 0 Å². The highest BCUT2D eigenvalue weighted by atomic mass is 16.1. The molecule has 17 heavy (non-hydrogen) atoms. The second kappa shape index (κ2) is 5.67. The predicted molar refractivity (Wildman–Crippen MR) is 69.7 cm³/mol. The summed E-state index contributed by atoms with van der Waals surface area (Å²) in [5, 5.41) is 6.47. The molecule has 0 heterocycles. The molecule has 0 aromatic rings. The highest BCUT2D eigenvalue weighted by Gasteiger charge is 2.31. The molecule has 1 unspecified atom stereocenters. The second-order valence-corrected chi connectivity index (χ2v) is 5.65. The van der Waals surface area contributed by atoms with E-state index in [1.54, 1.807) is 0 Å². The lowest BCUT2D eigenvalue weighted by atomic mass is 9.73. The van der Waals surface area contributed by atoms with E-state index >= 15 is 0 Å². The first-order valence-corrected chi connectivity index (χ1v) is 6.86. The van der Waals surface area contributed by atoms with Gasteiger partial charge >= 0.3 is 0 Å². The van der Waals surface area contributed by atoms with Crippen molar-refractivity contribution in [3.8, 4) is 0 Å². The Labute approximate surface area is 104 Å². The third-order valence-corrected chi connectivity index (χ3v) is 3.78. The SMILES string of the molecule is CC(C)NC(=O)CCNC1C[C@H]2C=C[C@@H]1CC2. The van der Waals surface area contributed by atoms with Crippen LogP contribution in [0.4, 0.5) is 0 Å². The Morgan fingerprint density at radius 3 is 2.71 bits per heavy atom. The summed E-state index contributed by atoms with van der Waals surface area (Å²) in [5.74, 6) is 1.64. The number of allylic oxidation sites excluding steroid dienone is 1. The van der Waals surface area contributed by atoms with E-state index in [-0.39, 0.29) is 11.9 Å². The molecule has 3 aliphatic rings. The molecule has 3 nitrogen and oxygen atoms in total. The van der Waals surface area contributed by atoms with E-state index in [1.165, 1.54) is 19.3 Å². The quantitative estimate of drug-likeness (QED) is 0.715. The molecule has 1 saturated carbocycles. The lowest BCUT2D eigenvalue weighted by molar-refractivity contribution is -0.121. The van der Waals surface area contributed by atoms with Gasteiger partial charge in [0.15, 0.2) is 0 Å². The van der Waals surface area contributed by atoms with Crippen molar-refractivity contribution < 1.29 is 4.79 Å². The normalized spacial score (nSPS) is 30.9. The van der Waals surface area contributed by atoms with E-state index in [1.807, 2.05) is 13.8 Å². The molecule has 0 aromatic carbocycles. The van der Waals surface area contributed by atoms with Gasteiger partial charge in [-0.2, -0.15) is 0 Å². The van der Waals surface area contributed by atoms with Gasteiger partial charge in [-0.15, -0.1) is 0 Å². The summed E-state index contributed by atoms with van der Waals surface area (Å²) in [6.07, 6.45) is 9.26. The lowest BCUT2D eigenvalue weighted by Crippen LogP contribution is -2.43. The number of carbonyl (C=O) groups is 1. The number of carbonyl (C=O) groups excluding carboxylic acids is 1. The molecule has 0 saturated heterocycles. The molecule has 1 fully saturated rings. The molecule has 2 bridgehead atoms. The third-order valence-electron chi connectivity index (χ3n) is 3.78. The van der Waals surface area contributed by atoms with Gasteiger partial charge in [-0.25, -0.2) is 0 Å². The minimum atomic E-state index is 0.156. The van der Waals surface area contributed by atoms with Crippen molar-refractivity contribution in [1.82, 2.24) is 10.6 Å². The Morgan fingerprint density at radius 2 is 2.18 bits per heavy atom. The topological polar surface area (TPSA) is 41.1 Å². The van der Waals surface area contributed by atoms with E-state index in [9.17, 15) is 4.79 Å². The van der Waals surface area contributed by atoms with Gasteiger partial charge in [-0.3, -0.25) is 4.79 Å². The smallest absolute Gasteiger partial charge is 0.221 e. The van der Waals surface area contributed by atoms with Crippen LogP contribution in [-0.4, -0.2) is 24.5 Å². The summed E-state index contributed by atoms with van der Waals surface area (Å²) >= 11 is 0. The minimum absolute atomic E-state index is 0.156. The van der Waals surface area contributed by atoms with Gasteiger partial charge in [-0.05, 0) is 44.9 Å². The molecule has 2 N–H and O–H groups in total. The predicted octanol–water partition coefficient (Wildman–Crippen LogP) is 1.85. The van der Waals surface area contributed by atoms with Crippen LogP contribution in [0, 0.1) is 11.8 Å². The Kier molecular flexibility index (Phi) is 4.21. The summed E-state index contributed by atoms with van der Waals surface area (Å²) in [6.45, 7) is 4.80. The number of fused-ring (bicyclic) bond motifs is 2. The molecule has 0 aliphatic heterocycles. The zero-order valence-corrected chi connectivity index (χ0v) is 10.9. The van der Waals surface area contributed by atoms with Crippen molar-refractivity contribution in [2.24, 2.45) is 11.8 Å². The Morgan fingerprint density at radius 1 is 1.35 bits per heavy atom. The van der Waals surface area contributed by atoms with Gasteiger partial charge in [0.25, 0.3) is 0 Å². The van der Waals surface area contributed by atoms with Crippen LogP contribution in [0.25, 0.3) is 0 Å². The van der Waals surface area contributed by atoms with Crippen molar-refractivity contribution in [3.05, 3.63) is 12.2 Å². The molecule has 3 rings (SSSR count). The zero-order chi connectivity index (χ0) is 12.3. The summed E-state index contributed by atoms with van der Waals surface area (Å²) in [4.78, 5) is 11.5. The summed E-state index contributed by atoms with van der Waals surface area (Å²) in [5.41, 5.74) is 0. The van der Waals surface area contributed by atoms with E-state index in [4.69, 9.17) is 0 Å². The maximum atomic E-state index is 11.5. The maximum absolute atomic E-state index is 11.5. The van der Waals surface area contributed by atoms with Gasteiger partial charge in [0.1, 0.15) is 0 Å². The van der Waals surface area contributed by atoms with Gasteiger partial charge in [0.05, 0.1) is 0 Å². The fraction of sp³-hybridized carbons (Fsp3) is 0.786. The summed E-state index contributed by atoms with van der Waals surface area (Å²) in [7, 11) is 0. The van der Waals surface area contributed by atoms with E-state index in [2.05, 4.69) is 22.8 Å². The van der Waals surface area contributed by atoms with Gasteiger partial charge in [0.2, 0.25) is 5.91 Å². The first-order chi connectivity index (χ1) is 8.15. The fourth-order valence-corrected chi connectivity index (χ4v) is 2.93. The average Bonchev–Trinajstić information content (AvgIpc) is 2.29. The minimum Gasteiger partial charge on any atom is -0.354 e. The first-order valence-electron chi connectivity index (χ1n) is 6.86. The molecular weight excluding hydrogens is 212 g/mol. The lowest BCUT2D eigenvalue weighted by Gasteiger charge is -2.38. The molecular formula is C14H24N2O. The van der Waals surface area contributed by atoms with Crippen molar-refractivity contribution in [3.63, 3.8) is 0 Å². The monoisotopic (exact) mass is 236 g/mol. The van der Waals surface area contributed by atoms with Crippen molar-refractivity contribution in [2.45, 2.75) is 51.6 Å². The Hall–Kier alpha value is -0.830. The number of amides is 1. The zero-order valence-electron chi connectivity index (χ0n) is 10.9. The Bertz CT molecular complexity index is 299. The second-order valence-electron chi connectivity index (χ2n) is 5.65. The number of hydrogen-bond acceptors (Lipinski definition) is 2. The van der Waals surface area contributed by atoms with E-state index < -0.39 is 0 Å². The van der Waals surface area contributed by atoms with Crippen LogP contribution in [0.1, 0.15) is 39.5 Å². The molecule has 1 amide bonds. The molecule has 3 heteroatoms. The van der Waals surface area contributed by atoms with Gasteiger partial charge < -0.3 is 10.6 Å². The standard InChI is InChI=1S/C14H24N2O/c1-10(2)16-14(17)7-8-15-13-9-11-3-5-12(13)6-4-11/h3,5,10-13,15H,4,6-9H2,1-2H3,(H,16,17)/t11-,12+,13?/m0/s1. The van der Waals surface area contributed by atoms with Crippen LogP contribution < -0.4 is 10.6 Å². The maximum Gasteiger partial charge on any atom is 0.221 e. The van der Waals surface area contributed by atoms with Crippen molar-refractivity contribution in [2.75, 3.05) is 6.54 Å². The van der Waals surface area contributed by atoms with Crippen LogP contribution in [0.15, 0.2) is 12.2 Å². The first kappa shape index (κ1) is 12.6. The number of rotatable bonds is 5. The molecule has 0 spiro atoms. The highest BCUT2D eigenvalue weighted by molar-refractivity contribution is 5.76. The van der Waals surface area contributed by atoms with Crippen molar-refractivity contribution in [1.29, 1.82) is 0 Å². The molecule has 3 atom stereocenters. The summed E-state index contributed by atoms with van der Waals surface area (Å²) in [6, 6.07) is 0.849. The number of hydrogen-bond donors (Lipinski definition) is 2. The summed E-state index contributed by atoms with van der Waals surface area (Å²) < 4.78 is 0. The molecule has 96 valence electrons. The third kappa shape index (κ3) is 3.56. The average molecular weight is 236 g/mol. The molecule has 0 radical (unpaired) electrons. The van der Waals surface area contributed by atoms with Crippen molar-refractivity contribution >= 4 is 5.91 Å². The largest absolute Gasteiger partial charge is 0.354 e. The van der Waals surface area contributed by atoms with E-state index in [0.717, 1.165) is 12.5 Å². The number of nitrogens with one attached hydrogen (secondary N) is 2. The van der Waals surface area contributed by atoms with E-state index in [0.29, 0.717) is 18.4 Å². The van der Waals surface area contributed by atoms with Gasteiger partial charge in [-0.1, -0.05) is 12.2 Å². The molecule has 3 aliphatic carbocycles. The fourth-order valence-electron chi connectivity index (χ4n) is 2.93. The highest BCUT2D eigenvalue weighted by Crippen LogP contribution is 2.35. The van der Waals surface area contributed by atoms with Crippen LogP contribution in [0.5, 0.6) is 0 Å². The van der Waals surface area contributed by atoms with Crippen LogP contribution in [0.3, 0.4) is 0 Å². The van der Waals surface area contributed by atoms with Crippen LogP contribution in [-0.2, 0) is 4.79 Å².